The van der Waals surface area contributed by atoms with Crippen LogP contribution in [0.25, 0.3) is 0 Å². The summed E-state index contributed by atoms with van der Waals surface area (Å²) in [5, 5.41) is 0. The van der Waals surface area contributed by atoms with Gasteiger partial charge in [-0.15, -0.1) is 0 Å². The zero-order chi connectivity index (χ0) is 8.97. The van der Waals surface area contributed by atoms with Gasteiger partial charge in [-0.3, -0.25) is 0 Å². The van der Waals surface area contributed by atoms with E-state index >= 15 is 0 Å². The average molecular weight is 171 g/mol. The van der Waals surface area contributed by atoms with Gasteiger partial charge in [0.1, 0.15) is 0 Å². The van der Waals surface area contributed by atoms with Crippen molar-refractivity contribution < 1.29 is 4.74 Å². The summed E-state index contributed by atoms with van der Waals surface area (Å²) in [6.07, 6.45) is 4.39. The number of ether oxygens (including phenoxy) is 1. The van der Waals surface area contributed by atoms with Crippen LogP contribution in [0.1, 0.15) is 26.2 Å². The third-order valence-corrected chi connectivity index (χ3v) is 2.91. The van der Waals surface area contributed by atoms with Crippen molar-refractivity contribution in [1.82, 2.24) is 4.90 Å². The van der Waals surface area contributed by atoms with Gasteiger partial charge in [-0.25, -0.2) is 0 Å². The summed E-state index contributed by atoms with van der Waals surface area (Å²) in [5.41, 5.74) is 0. The summed E-state index contributed by atoms with van der Waals surface area (Å²) < 4.78 is 5.27. The van der Waals surface area contributed by atoms with Gasteiger partial charge in [-0.1, -0.05) is 0 Å². The highest BCUT2D eigenvalue weighted by Crippen LogP contribution is 2.21. The Labute approximate surface area is 75.9 Å². The average Bonchev–Trinajstić information content (AvgIpc) is 2.09. The largest absolute Gasteiger partial charge is 0.382 e. The molecule has 2 nitrogen and oxygen atoms in total. The molecule has 0 N–H and O–H groups in total. The SMILES string of the molecule is COC(C)CC1CCN(C)CC1. The molecule has 1 fully saturated rings. The van der Waals surface area contributed by atoms with E-state index in [1.807, 2.05) is 0 Å². The van der Waals surface area contributed by atoms with Gasteiger partial charge in [0, 0.05) is 7.11 Å². The highest BCUT2D eigenvalue weighted by Gasteiger charge is 2.18. The van der Waals surface area contributed by atoms with Crippen LogP contribution in [0.15, 0.2) is 0 Å². The Bertz CT molecular complexity index is 119. The number of hydrogen-bond donors (Lipinski definition) is 0. The van der Waals surface area contributed by atoms with Crippen molar-refractivity contribution in [2.24, 2.45) is 5.92 Å². The molecule has 0 aliphatic carbocycles. The summed E-state index contributed by atoms with van der Waals surface area (Å²) in [4.78, 5) is 2.41. The number of methoxy groups -OCH3 is 1. The van der Waals surface area contributed by atoms with Crippen molar-refractivity contribution in [1.29, 1.82) is 0 Å². The van der Waals surface area contributed by atoms with Crippen molar-refractivity contribution in [3.8, 4) is 0 Å². The molecule has 1 aliphatic heterocycles. The van der Waals surface area contributed by atoms with E-state index < -0.39 is 0 Å². The van der Waals surface area contributed by atoms with E-state index in [2.05, 4.69) is 18.9 Å². The van der Waals surface area contributed by atoms with E-state index in [0.29, 0.717) is 6.10 Å². The summed E-state index contributed by atoms with van der Waals surface area (Å²) in [6, 6.07) is 0. The minimum Gasteiger partial charge on any atom is -0.382 e. The number of piperidine rings is 1. The highest BCUT2D eigenvalue weighted by atomic mass is 16.5. The summed E-state index contributed by atoms with van der Waals surface area (Å²) in [7, 11) is 4.01. The minimum absolute atomic E-state index is 0.443. The zero-order valence-corrected chi connectivity index (χ0v) is 8.55. The molecule has 0 radical (unpaired) electrons. The normalized spacial score (nSPS) is 24.2. The van der Waals surface area contributed by atoms with Crippen molar-refractivity contribution in [3.63, 3.8) is 0 Å². The van der Waals surface area contributed by atoms with Crippen LogP contribution in [-0.4, -0.2) is 38.3 Å². The second-order valence-corrected chi connectivity index (χ2v) is 4.03. The van der Waals surface area contributed by atoms with Gasteiger partial charge in [0.05, 0.1) is 6.10 Å². The topological polar surface area (TPSA) is 12.5 Å². The van der Waals surface area contributed by atoms with Gasteiger partial charge in [0.15, 0.2) is 0 Å². The molecule has 0 amide bonds. The fourth-order valence-electron chi connectivity index (χ4n) is 1.86. The number of hydrogen-bond acceptors (Lipinski definition) is 2. The second-order valence-electron chi connectivity index (χ2n) is 4.03. The third kappa shape index (κ3) is 3.11. The molecule has 1 saturated heterocycles. The molecule has 1 atom stereocenters. The monoisotopic (exact) mass is 171 g/mol. The van der Waals surface area contributed by atoms with Crippen LogP contribution in [0.5, 0.6) is 0 Å². The molecule has 1 heterocycles. The third-order valence-electron chi connectivity index (χ3n) is 2.91. The highest BCUT2D eigenvalue weighted by molar-refractivity contribution is 4.71. The molecule has 0 saturated carbocycles. The first-order chi connectivity index (χ1) is 5.72. The smallest absolute Gasteiger partial charge is 0.0545 e. The lowest BCUT2D eigenvalue weighted by molar-refractivity contribution is 0.0803. The Kier molecular flexibility index (Phi) is 4.02. The molecular formula is C10H21NO. The van der Waals surface area contributed by atoms with Crippen molar-refractivity contribution >= 4 is 0 Å². The van der Waals surface area contributed by atoms with Crippen LogP contribution in [0.2, 0.25) is 0 Å². The molecule has 0 bridgehead atoms. The Morgan fingerprint density at radius 1 is 1.42 bits per heavy atom. The van der Waals surface area contributed by atoms with Crippen molar-refractivity contribution in [2.75, 3.05) is 27.2 Å². The first-order valence-corrected chi connectivity index (χ1v) is 4.93. The molecule has 0 spiro atoms. The number of likely N-dealkylation sites (tertiary alicyclic amines) is 1. The molecule has 0 aromatic carbocycles. The van der Waals surface area contributed by atoms with Gasteiger partial charge in [0.25, 0.3) is 0 Å². The minimum atomic E-state index is 0.443. The zero-order valence-electron chi connectivity index (χ0n) is 8.55. The van der Waals surface area contributed by atoms with Crippen LogP contribution in [0.3, 0.4) is 0 Å². The van der Waals surface area contributed by atoms with Crippen LogP contribution in [-0.2, 0) is 4.74 Å². The maximum absolute atomic E-state index is 5.27. The Hall–Kier alpha value is -0.0800. The van der Waals surface area contributed by atoms with E-state index in [0.717, 1.165) is 5.92 Å². The maximum atomic E-state index is 5.27. The summed E-state index contributed by atoms with van der Waals surface area (Å²) in [6.45, 7) is 4.69. The van der Waals surface area contributed by atoms with E-state index in [9.17, 15) is 0 Å². The molecule has 72 valence electrons. The molecule has 1 aliphatic rings. The van der Waals surface area contributed by atoms with E-state index in [1.54, 1.807) is 7.11 Å². The maximum Gasteiger partial charge on any atom is 0.0545 e. The molecule has 1 rings (SSSR count). The fraction of sp³-hybridized carbons (Fsp3) is 1.00. The quantitative estimate of drug-likeness (QED) is 0.641. The number of rotatable bonds is 3. The summed E-state index contributed by atoms with van der Waals surface area (Å²) >= 11 is 0. The van der Waals surface area contributed by atoms with Crippen LogP contribution < -0.4 is 0 Å². The molecule has 0 aromatic rings. The van der Waals surface area contributed by atoms with Crippen LogP contribution in [0, 0.1) is 5.92 Å². The lowest BCUT2D eigenvalue weighted by Crippen LogP contribution is -2.31. The number of nitrogens with zero attached hydrogens (tertiary/aromatic N) is 1. The molecule has 0 aromatic heterocycles. The first-order valence-electron chi connectivity index (χ1n) is 4.93. The molecule has 1 unspecified atom stereocenters. The van der Waals surface area contributed by atoms with E-state index in [4.69, 9.17) is 4.74 Å². The lowest BCUT2D eigenvalue weighted by Gasteiger charge is -2.30. The Morgan fingerprint density at radius 3 is 2.50 bits per heavy atom. The second kappa shape index (κ2) is 4.83. The van der Waals surface area contributed by atoms with Gasteiger partial charge < -0.3 is 9.64 Å². The van der Waals surface area contributed by atoms with Crippen molar-refractivity contribution in [3.05, 3.63) is 0 Å². The predicted octanol–water partition coefficient (Wildman–Crippen LogP) is 1.75. The van der Waals surface area contributed by atoms with E-state index in [1.165, 1.54) is 32.4 Å². The first kappa shape index (κ1) is 10.0. The van der Waals surface area contributed by atoms with Gasteiger partial charge in [-0.05, 0) is 52.2 Å². The van der Waals surface area contributed by atoms with Crippen LogP contribution in [0.4, 0.5) is 0 Å². The predicted molar refractivity (Wildman–Crippen MR) is 51.3 cm³/mol. The van der Waals surface area contributed by atoms with Crippen molar-refractivity contribution in [2.45, 2.75) is 32.3 Å². The van der Waals surface area contributed by atoms with E-state index in [-0.39, 0.29) is 0 Å². The van der Waals surface area contributed by atoms with Crippen LogP contribution >= 0.6 is 0 Å². The summed E-state index contributed by atoms with van der Waals surface area (Å²) in [5.74, 6) is 0.899. The van der Waals surface area contributed by atoms with Gasteiger partial charge in [0.2, 0.25) is 0 Å². The fourth-order valence-corrected chi connectivity index (χ4v) is 1.86. The molecule has 2 heteroatoms. The molecular weight excluding hydrogens is 150 g/mol. The Morgan fingerprint density at radius 2 is 2.00 bits per heavy atom. The lowest BCUT2D eigenvalue weighted by atomic mass is 9.92. The Balaban J connectivity index is 2.17. The van der Waals surface area contributed by atoms with Gasteiger partial charge >= 0.3 is 0 Å². The molecule has 12 heavy (non-hydrogen) atoms. The standard InChI is InChI=1S/C10H21NO/c1-9(12-3)8-10-4-6-11(2)7-5-10/h9-10H,4-8H2,1-3H3. The van der Waals surface area contributed by atoms with Gasteiger partial charge in [-0.2, -0.15) is 0 Å².